The summed E-state index contributed by atoms with van der Waals surface area (Å²) in [4.78, 5) is 16.0. The molecule has 136 valence electrons. The van der Waals surface area contributed by atoms with Crippen LogP contribution in [0, 0.1) is 5.92 Å². The van der Waals surface area contributed by atoms with Crippen molar-refractivity contribution in [1.29, 1.82) is 0 Å². The Morgan fingerprint density at radius 3 is 2.81 bits per heavy atom. The van der Waals surface area contributed by atoms with Crippen LogP contribution in [0.4, 0.5) is 8.78 Å². The largest absolute Gasteiger partial charge is 0.344 e. The van der Waals surface area contributed by atoms with Crippen LogP contribution in [0.15, 0.2) is 40.4 Å². The van der Waals surface area contributed by atoms with Gasteiger partial charge in [-0.05, 0) is 6.42 Å². The zero-order valence-corrected chi connectivity index (χ0v) is 14.4. The predicted molar refractivity (Wildman–Crippen MR) is 95.2 cm³/mol. The smallest absolute Gasteiger partial charge is 0.273 e. The molecule has 1 fully saturated rings. The standard InChI is InChI=1S/C16H16F2N6OS/c17-14(18)10-6-11(10)20-7-12(22-19)15(25)21-8-13-23-24-16(26-13)9-4-2-1-3-5-9/h1-5,7,10-11,14H,6,8,19H2,(H,21,25)/b20-7?,22-12+. The highest BCUT2D eigenvalue weighted by atomic mass is 32.1. The highest BCUT2D eigenvalue weighted by Gasteiger charge is 2.43. The Bertz CT molecular complexity index is 823. The Balaban J connectivity index is 1.53. The number of halogens is 2. The molecule has 26 heavy (non-hydrogen) atoms. The summed E-state index contributed by atoms with van der Waals surface area (Å²) in [6, 6.07) is 9.08. The lowest BCUT2D eigenvalue weighted by atomic mass is 10.2. The second kappa shape index (κ2) is 8.09. The van der Waals surface area contributed by atoms with Crippen molar-refractivity contribution < 1.29 is 13.6 Å². The van der Waals surface area contributed by atoms with Gasteiger partial charge in [-0.3, -0.25) is 9.79 Å². The van der Waals surface area contributed by atoms with E-state index in [2.05, 4.69) is 25.6 Å². The summed E-state index contributed by atoms with van der Waals surface area (Å²) in [6.07, 6.45) is -0.959. The molecule has 1 amide bonds. The van der Waals surface area contributed by atoms with Crippen molar-refractivity contribution in [3.63, 3.8) is 0 Å². The van der Waals surface area contributed by atoms with Crippen LogP contribution in [0.3, 0.4) is 0 Å². The minimum atomic E-state index is -2.40. The fourth-order valence-electron chi connectivity index (χ4n) is 2.23. The maximum atomic E-state index is 12.4. The van der Waals surface area contributed by atoms with Gasteiger partial charge in [0, 0.05) is 11.5 Å². The molecule has 0 radical (unpaired) electrons. The number of aromatic nitrogens is 2. The maximum Gasteiger partial charge on any atom is 0.273 e. The van der Waals surface area contributed by atoms with Crippen LogP contribution in [-0.4, -0.2) is 40.5 Å². The van der Waals surface area contributed by atoms with Crippen LogP contribution < -0.4 is 11.2 Å². The summed E-state index contributed by atoms with van der Waals surface area (Å²) in [6.45, 7) is 0.152. The van der Waals surface area contributed by atoms with Gasteiger partial charge in [-0.15, -0.1) is 10.2 Å². The molecule has 0 aliphatic heterocycles. The van der Waals surface area contributed by atoms with E-state index in [9.17, 15) is 13.6 Å². The van der Waals surface area contributed by atoms with Gasteiger partial charge in [0.2, 0.25) is 6.43 Å². The average Bonchev–Trinajstić information content (AvgIpc) is 3.29. The van der Waals surface area contributed by atoms with Gasteiger partial charge in [-0.25, -0.2) is 8.78 Å². The van der Waals surface area contributed by atoms with Crippen LogP contribution in [0.1, 0.15) is 11.4 Å². The molecule has 0 spiro atoms. The van der Waals surface area contributed by atoms with Crippen molar-refractivity contribution in [3.8, 4) is 10.6 Å². The molecule has 3 N–H and O–H groups in total. The first kappa shape index (κ1) is 18.1. The van der Waals surface area contributed by atoms with Crippen molar-refractivity contribution >= 4 is 29.2 Å². The number of rotatable bonds is 7. The van der Waals surface area contributed by atoms with E-state index in [1.54, 1.807) is 0 Å². The molecule has 10 heteroatoms. The first-order valence-electron chi connectivity index (χ1n) is 7.83. The van der Waals surface area contributed by atoms with E-state index in [4.69, 9.17) is 5.84 Å². The van der Waals surface area contributed by atoms with Gasteiger partial charge in [0.05, 0.1) is 18.8 Å². The summed E-state index contributed by atoms with van der Waals surface area (Å²) < 4.78 is 24.9. The number of nitrogens with zero attached hydrogens (tertiary/aromatic N) is 4. The van der Waals surface area contributed by atoms with E-state index in [1.165, 1.54) is 11.3 Å². The normalized spacial score (nSPS) is 19.9. The molecule has 1 aromatic heterocycles. The zero-order chi connectivity index (χ0) is 18.5. The molecule has 1 heterocycles. The third-order valence-electron chi connectivity index (χ3n) is 3.78. The minimum Gasteiger partial charge on any atom is -0.344 e. The molecule has 1 aliphatic carbocycles. The second-order valence-corrected chi connectivity index (χ2v) is 6.71. The van der Waals surface area contributed by atoms with E-state index in [1.807, 2.05) is 30.3 Å². The fraction of sp³-hybridized carbons (Fsp3) is 0.312. The molecular formula is C16H16F2N6OS. The quantitative estimate of drug-likeness (QED) is 0.436. The summed E-state index contributed by atoms with van der Waals surface area (Å²) in [7, 11) is 0. The first-order valence-corrected chi connectivity index (χ1v) is 8.65. The van der Waals surface area contributed by atoms with Gasteiger partial charge in [0.1, 0.15) is 10.0 Å². The Hall–Kier alpha value is -2.75. The Labute approximate surface area is 152 Å². The Morgan fingerprint density at radius 2 is 2.15 bits per heavy atom. The predicted octanol–water partition coefficient (Wildman–Crippen LogP) is 1.86. The lowest BCUT2D eigenvalue weighted by molar-refractivity contribution is -0.114. The molecule has 2 aromatic rings. The summed E-state index contributed by atoms with van der Waals surface area (Å²) >= 11 is 1.35. The van der Waals surface area contributed by atoms with E-state index in [-0.39, 0.29) is 12.3 Å². The minimum absolute atomic E-state index is 0.127. The molecular weight excluding hydrogens is 362 g/mol. The van der Waals surface area contributed by atoms with Gasteiger partial charge in [0.15, 0.2) is 5.71 Å². The number of benzene rings is 1. The van der Waals surface area contributed by atoms with Gasteiger partial charge in [-0.1, -0.05) is 41.7 Å². The zero-order valence-electron chi connectivity index (χ0n) is 13.5. The number of nitrogens with one attached hydrogen (secondary N) is 1. The van der Waals surface area contributed by atoms with E-state index < -0.39 is 24.3 Å². The number of aliphatic imine (C=N–C) groups is 1. The summed E-state index contributed by atoms with van der Waals surface area (Å²) in [5.41, 5.74) is 0.814. The number of hydrogen-bond acceptors (Lipinski definition) is 7. The van der Waals surface area contributed by atoms with Crippen LogP contribution in [0.25, 0.3) is 10.6 Å². The third kappa shape index (κ3) is 4.45. The number of carbonyl (C=O) groups is 1. The molecule has 3 rings (SSSR count). The number of hydrazone groups is 1. The van der Waals surface area contributed by atoms with Crippen molar-refractivity contribution in [2.45, 2.75) is 25.4 Å². The average molecular weight is 378 g/mol. The molecule has 2 unspecified atom stereocenters. The van der Waals surface area contributed by atoms with Crippen molar-refractivity contribution in [2.24, 2.45) is 21.9 Å². The summed E-state index contributed by atoms with van der Waals surface area (Å²) in [5, 5.41) is 15.4. The highest BCUT2D eigenvalue weighted by molar-refractivity contribution is 7.14. The van der Waals surface area contributed by atoms with Crippen LogP contribution >= 0.6 is 11.3 Å². The molecule has 1 aromatic carbocycles. The monoisotopic (exact) mass is 378 g/mol. The fourth-order valence-corrected chi connectivity index (χ4v) is 3.01. The van der Waals surface area contributed by atoms with E-state index in [0.29, 0.717) is 11.4 Å². The van der Waals surface area contributed by atoms with E-state index in [0.717, 1.165) is 16.8 Å². The maximum absolute atomic E-state index is 12.4. The van der Waals surface area contributed by atoms with Crippen LogP contribution in [0.5, 0.6) is 0 Å². The van der Waals surface area contributed by atoms with Gasteiger partial charge < -0.3 is 11.2 Å². The SMILES string of the molecule is N/N=C(\C=NC1CC1C(F)F)C(=O)NCc1nnc(-c2ccccc2)s1. The first-order chi connectivity index (χ1) is 12.6. The molecule has 0 saturated heterocycles. The molecule has 7 nitrogen and oxygen atoms in total. The van der Waals surface area contributed by atoms with Gasteiger partial charge in [-0.2, -0.15) is 5.10 Å². The van der Waals surface area contributed by atoms with Crippen molar-refractivity contribution in [3.05, 3.63) is 35.3 Å². The number of hydrogen-bond donors (Lipinski definition) is 2. The van der Waals surface area contributed by atoms with Gasteiger partial charge in [0.25, 0.3) is 5.91 Å². The van der Waals surface area contributed by atoms with Crippen molar-refractivity contribution in [2.75, 3.05) is 0 Å². The molecule has 0 bridgehead atoms. The van der Waals surface area contributed by atoms with Crippen LogP contribution in [0.2, 0.25) is 0 Å². The third-order valence-corrected chi connectivity index (χ3v) is 4.75. The lowest BCUT2D eigenvalue weighted by Gasteiger charge is -2.01. The number of carbonyl (C=O) groups excluding carboxylic acids is 1. The molecule has 2 atom stereocenters. The lowest BCUT2D eigenvalue weighted by Crippen LogP contribution is -2.32. The van der Waals surface area contributed by atoms with Crippen molar-refractivity contribution in [1.82, 2.24) is 15.5 Å². The van der Waals surface area contributed by atoms with Crippen LogP contribution in [-0.2, 0) is 11.3 Å². The Kier molecular flexibility index (Phi) is 5.61. The molecule has 1 aliphatic rings. The molecule has 1 saturated carbocycles. The topological polar surface area (TPSA) is 106 Å². The number of nitrogens with two attached hydrogens (primary N) is 1. The Morgan fingerprint density at radius 1 is 1.38 bits per heavy atom. The van der Waals surface area contributed by atoms with E-state index >= 15 is 0 Å². The second-order valence-electron chi connectivity index (χ2n) is 5.64. The highest BCUT2D eigenvalue weighted by Crippen LogP contribution is 2.38. The van der Waals surface area contributed by atoms with Gasteiger partial charge >= 0.3 is 0 Å². The number of amides is 1. The number of alkyl halides is 2. The summed E-state index contributed by atoms with van der Waals surface area (Å²) in [5.74, 6) is 3.89.